The summed E-state index contributed by atoms with van der Waals surface area (Å²) in [7, 11) is 0. The monoisotopic (exact) mass is 299 g/mol. The number of ether oxygens (including phenoxy) is 1. The van der Waals surface area contributed by atoms with Crippen LogP contribution in [0.3, 0.4) is 0 Å². The van der Waals surface area contributed by atoms with Gasteiger partial charge in [-0.3, -0.25) is 10.1 Å². The molecule has 0 aliphatic heterocycles. The van der Waals surface area contributed by atoms with Gasteiger partial charge in [-0.1, -0.05) is 30.0 Å². The van der Waals surface area contributed by atoms with Gasteiger partial charge in [0.25, 0.3) is 0 Å². The van der Waals surface area contributed by atoms with Crippen LogP contribution in [0.4, 0.5) is 10.5 Å². The molecule has 0 radical (unpaired) electrons. The fourth-order valence-electron chi connectivity index (χ4n) is 1.49. The van der Waals surface area contributed by atoms with Gasteiger partial charge in [0, 0.05) is 5.69 Å². The summed E-state index contributed by atoms with van der Waals surface area (Å²) in [6.45, 7) is 1.51. The summed E-state index contributed by atoms with van der Waals surface area (Å²) in [4.78, 5) is 24.0. The van der Waals surface area contributed by atoms with Crippen LogP contribution in [0.1, 0.15) is 21.5 Å². The Hall–Kier alpha value is -2.58. The minimum atomic E-state index is -0.550. The van der Waals surface area contributed by atoms with Gasteiger partial charge >= 0.3 is 6.09 Å². The first kappa shape index (κ1) is 14.8. The summed E-state index contributed by atoms with van der Waals surface area (Å²) in [6, 6.07) is 12.5. The van der Waals surface area contributed by atoms with Gasteiger partial charge in [0.2, 0.25) is 0 Å². The Morgan fingerprint density at radius 3 is 2.62 bits per heavy atom. The first-order valence-electron chi connectivity index (χ1n) is 6.23. The van der Waals surface area contributed by atoms with Crippen molar-refractivity contribution in [2.45, 2.75) is 6.92 Å². The highest BCUT2D eigenvalue weighted by Gasteiger charge is 2.02. The number of carbonyl (C=O) groups excluding carboxylic acids is 2. The molecule has 0 bridgehead atoms. The maximum Gasteiger partial charge on any atom is 0.412 e. The second-order valence-corrected chi connectivity index (χ2v) is 5.17. The van der Waals surface area contributed by atoms with Crippen LogP contribution in [0, 0.1) is 11.8 Å². The summed E-state index contributed by atoms with van der Waals surface area (Å²) < 4.78 is 4.94. The number of benzene rings is 1. The molecule has 106 valence electrons. The highest BCUT2D eigenvalue weighted by Crippen LogP contribution is 2.15. The standard InChI is InChI=1S/C16H13NO3S/c1-12(18)15-10-9-14(21-15)8-5-11-20-16(19)17-13-6-3-2-4-7-13/h2-4,6-7,9-10H,11H2,1H3,(H,17,19). The molecule has 1 aromatic heterocycles. The molecule has 5 heteroatoms. The zero-order valence-electron chi connectivity index (χ0n) is 11.4. The van der Waals surface area contributed by atoms with Crippen molar-refractivity contribution in [2.24, 2.45) is 0 Å². The molecule has 21 heavy (non-hydrogen) atoms. The van der Waals surface area contributed by atoms with Gasteiger partial charge in [0.05, 0.1) is 9.75 Å². The molecule has 1 heterocycles. The quantitative estimate of drug-likeness (QED) is 0.696. The lowest BCUT2D eigenvalue weighted by molar-refractivity contribution is 0.102. The van der Waals surface area contributed by atoms with E-state index in [1.165, 1.54) is 18.3 Å². The molecule has 2 aromatic rings. The van der Waals surface area contributed by atoms with Crippen LogP contribution in [-0.2, 0) is 4.74 Å². The van der Waals surface area contributed by atoms with Gasteiger partial charge in [-0.05, 0) is 31.2 Å². The Kier molecular flexibility index (Phi) is 5.13. The second kappa shape index (κ2) is 7.27. The predicted octanol–water partition coefficient (Wildman–Crippen LogP) is 3.55. The maximum absolute atomic E-state index is 11.5. The number of para-hydroxylation sites is 1. The smallest absolute Gasteiger partial charge is 0.412 e. The summed E-state index contributed by atoms with van der Waals surface area (Å²) in [5.74, 6) is 5.61. The fraction of sp³-hybridized carbons (Fsp3) is 0.125. The highest BCUT2D eigenvalue weighted by atomic mass is 32.1. The number of amides is 1. The van der Waals surface area contributed by atoms with Crippen molar-refractivity contribution in [3.63, 3.8) is 0 Å². The van der Waals surface area contributed by atoms with Crippen LogP contribution in [0.5, 0.6) is 0 Å². The number of ketones is 1. The van der Waals surface area contributed by atoms with E-state index in [4.69, 9.17) is 4.74 Å². The molecule has 0 aliphatic carbocycles. The van der Waals surface area contributed by atoms with Crippen molar-refractivity contribution in [3.8, 4) is 11.8 Å². The zero-order valence-corrected chi connectivity index (χ0v) is 12.2. The molecule has 0 saturated heterocycles. The molecule has 0 fully saturated rings. The second-order valence-electron chi connectivity index (χ2n) is 4.09. The lowest BCUT2D eigenvalue weighted by Gasteiger charge is -2.03. The molecule has 0 saturated carbocycles. The average molecular weight is 299 g/mol. The molecular formula is C16H13NO3S. The first-order valence-corrected chi connectivity index (χ1v) is 7.05. The number of thiophene rings is 1. The zero-order chi connectivity index (χ0) is 15.1. The molecule has 1 amide bonds. The van der Waals surface area contributed by atoms with E-state index in [1.807, 2.05) is 18.2 Å². The van der Waals surface area contributed by atoms with E-state index in [0.717, 1.165) is 4.88 Å². The Bertz CT molecular complexity index is 695. The highest BCUT2D eigenvalue weighted by molar-refractivity contribution is 7.14. The van der Waals surface area contributed by atoms with E-state index in [-0.39, 0.29) is 12.4 Å². The van der Waals surface area contributed by atoms with E-state index < -0.39 is 6.09 Å². The minimum absolute atomic E-state index is 0.00796. The van der Waals surface area contributed by atoms with E-state index in [2.05, 4.69) is 17.2 Å². The van der Waals surface area contributed by atoms with E-state index >= 15 is 0 Å². The largest absolute Gasteiger partial charge is 0.436 e. The predicted molar refractivity (Wildman–Crippen MR) is 82.6 cm³/mol. The first-order chi connectivity index (χ1) is 10.1. The SMILES string of the molecule is CC(=O)c1ccc(C#CCOC(=O)Nc2ccccc2)s1. The van der Waals surface area contributed by atoms with Crippen molar-refractivity contribution in [3.05, 3.63) is 52.2 Å². The summed E-state index contributed by atoms with van der Waals surface area (Å²) in [5, 5.41) is 2.59. The van der Waals surface area contributed by atoms with Gasteiger partial charge < -0.3 is 4.74 Å². The topological polar surface area (TPSA) is 55.4 Å². The minimum Gasteiger partial charge on any atom is -0.436 e. The molecular weight excluding hydrogens is 286 g/mol. The molecule has 1 N–H and O–H groups in total. The average Bonchev–Trinajstić information content (AvgIpc) is 2.94. The Morgan fingerprint density at radius 1 is 1.19 bits per heavy atom. The lowest BCUT2D eigenvalue weighted by Crippen LogP contribution is -2.13. The van der Waals surface area contributed by atoms with Crippen LogP contribution >= 0.6 is 11.3 Å². The number of Topliss-reactive ketones (excluding diaryl/α,β-unsaturated/α-hetero) is 1. The van der Waals surface area contributed by atoms with Crippen molar-refractivity contribution in [1.82, 2.24) is 0 Å². The number of rotatable bonds is 3. The summed E-state index contributed by atoms with van der Waals surface area (Å²) in [5.41, 5.74) is 0.666. The van der Waals surface area contributed by atoms with Crippen LogP contribution in [0.25, 0.3) is 0 Å². The number of hydrogen-bond donors (Lipinski definition) is 1. The lowest BCUT2D eigenvalue weighted by atomic mass is 10.3. The maximum atomic E-state index is 11.5. The summed E-state index contributed by atoms with van der Waals surface area (Å²) >= 11 is 1.32. The van der Waals surface area contributed by atoms with Gasteiger partial charge in [-0.25, -0.2) is 4.79 Å². The van der Waals surface area contributed by atoms with E-state index in [0.29, 0.717) is 10.6 Å². The van der Waals surface area contributed by atoms with Crippen molar-refractivity contribution < 1.29 is 14.3 Å². The van der Waals surface area contributed by atoms with Crippen LogP contribution < -0.4 is 5.32 Å². The molecule has 0 atom stereocenters. The van der Waals surface area contributed by atoms with Crippen molar-refractivity contribution >= 4 is 28.9 Å². The van der Waals surface area contributed by atoms with Gasteiger partial charge in [0.15, 0.2) is 12.4 Å². The third kappa shape index (κ3) is 4.79. The molecule has 4 nitrogen and oxygen atoms in total. The normalized spacial score (nSPS) is 9.38. The summed E-state index contributed by atoms with van der Waals surface area (Å²) in [6.07, 6.45) is -0.550. The molecule has 0 aliphatic rings. The number of anilines is 1. The molecule has 0 unspecified atom stereocenters. The Balaban J connectivity index is 1.80. The Morgan fingerprint density at radius 2 is 1.95 bits per heavy atom. The third-order valence-corrected chi connectivity index (χ3v) is 3.56. The van der Waals surface area contributed by atoms with E-state index in [1.54, 1.807) is 24.3 Å². The molecule has 1 aromatic carbocycles. The molecule has 0 spiro atoms. The van der Waals surface area contributed by atoms with Gasteiger partial charge in [-0.15, -0.1) is 11.3 Å². The fourth-order valence-corrected chi connectivity index (χ4v) is 2.27. The van der Waals surface area contributed by atoms with Crippen LogP contribution in [0.15, 0.2) is 42.5 Å². The third-order valence-electron chi connectivity index (χ3n) is 2.46. The van der Waals surface area contributed by atoms with Gasteiger partial charge in [0.1, 0.15) is 0 Å². The van der Waals surface area contributed by atoms with Crippen molar-refractivity contribution in [2.75, 3.05) is 11.9 Å². The number of hydrogen-bond acceptors (Lipinski definition) is 4. The van der Waals surface area contributed by atoms with Gasteiger partial charge in [-0.2, -0.15) is 0 Å². The molecule has 2 rings (SSSR count). The van der Waals surface area contributed by atoms with Crippen molar-refractivity contribution in [1.29, 1.82) is 0 Å². The van der Waals surface area contributed by atoms with Crippen LogP contribution in [0.2, 0.25) is 0 Å². The number of nitrogens with one attached hydrogen (secondary N) is 1. The van der Waals surface area contributed by atoms with E-state index in [9.17, 15) is 9.59 Å². The number of carbonyl (C=O) groups is 2. The Labute approximate surface area is 126 Å². The van der Waals surface area contributed by atoms with Crippen LogP contribution in [-0.4, -0.2) is 18.5 Å².